The van der Waals surface area contributed by atoms with Gasteiger partial charge in [0.15, 0.2) is 0 Å². The van der Waals surface area contributed by atoms with Crippen molar-refractivity contribution in [3.05, 3.63) is 29.6 Å². The Morgan fingerprint density at radius 1 is 1.27 bits per heavy atom. The van der Waals surface area contributed by atoms with Crippen LogP contribution in [0, 0.1) is 0 Å². The van der Waals surface area contributed by atoms with Crippen molar-refractivity contribution in [1.29, 1.82) is 0 Å². The minimum Gasteiger partial charge on any atom is -0.444 e. The first kappa shape index (κ1) is 22.4. The van der Waals surface area contributed by atoms with Gasteiger partial charge in [-0.2, -0.15) is 10.2 Å². The molecular formula is C21H33N5O3Si. The van der Waals surface area contributed by atoms with E-state index in [1.165, 1.54) is 0 Å². The van der Waals surface area contributed by atoms with Crippen LogP contribution < -0.4 is 0 Å². The lowest BCUT2D eigenvalue weighted by atomic mass is 10.0. The minimum atomic E-state index is -1.14. The van der Waals surface area contributed by atoms with Crippen LogP contribution in [0.15, 0.2) is 18.3 Å². The summed E-state index contributed by atoms with van der Waals surface area (Å²) >= 11 is 0. The summed E-state index contributed by atoms with van der Waals surface area (Å²) in [6, 6.07) is 4.84. The van der Waals surface area contributed by atoms with Crippen LogP contribution >= 0.6 is 0 Å². The van der Waals surface area contributed by atoms with E-state index in [9.17, 15) is 4.79 Å². The Morgan fingerprint density at radius 3 is 2.67 bits per heavy atom. The summed E-state index contributed by atoms with van der Waals surface area (Å²) < 4.78 is 13.4. The van der Waals surface area contributed by atoms with Crippen LogP contribution in [0.3, 0.4) is 0 Å². The molecule has 3 rings (SSSR count). The van der Waals surface area contributed by atoms with Gasteiger partial charge in [0.25, 0.3) is 0 Å². The third-order valence-corrected chi connectivity index (χ3v) is 6.51. The topological polar surface area (TPSA) is 82.4 Å². The molecule has 164 valence electrons. The molecule has 0 saturated heterocycles. The molecule has 0 spiro atoms. The molecule has 1 amide bonds. The molecule has 0 saturated carbocycles. The number of hydrogen-bond acceptors (Lipinski definition) is 6. The highest BCUT2D eigenvalue weighted by atomic mass is 28.3. The van der Waals surface area contributed by atoms with E-state index in [4.69, 9.17) is 14.6 Å². The van der Waals surface area contributed by atoms with Gasteiger partial charge in [-0.1, -0.05) is 19.6 Å². The lowest BCUT2D eigenvalue weighted by molar-refractivity contribution is 0.0219. The van der Waals surface area contributed by atoms with Crippen LogP contribution in [-0.2, 0) is 29.2 Å². The Hall–Kier alpha value is -2.26. The maximum Gasteiger partial charge on any atom is 0.410 e. The molecule has 3 heterocycles. The standard InChI is InChI=1S/C21H33N5O3Si/c1-21(2,3)29-20(27)25-11-9-18-16(14-25)19(17-8-7-10-22-23-17)24-26(18)15-28-12-13-30(4,5)6/h7-8,10H,9,11-15H2,1-6H3. The average molecular weight is 432 g/mol. The molecule has 0 radical (unpaired) electrons. The zero-order chi connectivity index (χ0) is 21.9. The first-order valence-corrected chi connectivity index (χ1v) is 14.2. The van der Waals surface area contributed by atoms with Crippen LogP contribution in [0.4, 0.5) is 4.79 Å². The Bertz CT molecular complexity index is 871. The summed E-state index contributed by atoms with van der Waals surface area (Å²) in [5.74, 6) is 0. The minimum absolute atomic E-state index is 0.308. The molecule has 0 atom stereocenters. The molecule has 2 aromatic heterocycles. The molecule has 0 aromatic carbocycles. The van der Waals surface area contributed by atoms with Crippen molar-refractivity contribution >= 4 is 14.2 Å². The van der Waals surface area contributed by atoms with E-state index in [1.54, 1.807) is 11.1 Å². The molecular weight excluding hydrogens is 398 g/mol. The van der Waals surface area contributed by atoms with Gasteiger partial charge in [0.2, 0.25) is 0 Å². The Balaban J connectivity index is 1.82. The molecule has 8 nitrogen and oxygen atoms in total. The first-order chi connectivity index (χ1) is 14.0. The predicted octanol–water partition coefficient (Wildman–Crippen LogP) is 3.95. The molecule has 0 aliphatic carbocycles. The van der Waals surface area contributed by atoms with E-state index in [0.29, 0.717) is 31.9 Å². The fourth-order valence-corrected chi connectivity index (χ4v) is 4.00. The van der Waals surface area contributed by atoms with E-state index in [2.05, 4.69) is 29.8 Å². The normalized spacial score (nSPS) is 14.5. The number of rotatable bonds is 6. The molecule has 0 bridgehead atoms. The monoisotopic (exact) mass is 431 g/mol. The van der Waals surface area contributed by atoms with Crippen molar-refractivity contribution in [3.63, 3.8) is 0 Å². The molecule has 0 N–H and O–H groups in total. The van der Waals surface area contributed by atoms with Gasteiger partial charge < -0.3 is 14.4 Å². The highest BCUT2D eigenvalue weighted by Gasteiger charge is 2.31. The average Bonchev–Trinajstić information content (AvgIpc) is 3.02. The third-order valence-electron chi connectivity index (χ3n) is 4.81. The van der Waals surface area contributed by atoms with Crippen molar-refractivity contribution in [3.8, 4) is 11.4 Å². The Kier molecular flexibility index (Phi) is 6.61. The van der Waals surface area contributed by atoms with Crippen molar-refractivity contribution < 1.29 is 14.3 Å². The quantitative estimate of drug-likeness (QED) is 0.509. The molecule has 1 aliphatic heterocycles. The highest BCUT2D eigenvalue weighted by Crippen LogP contribution is 2.29. The van der Waals surface area contributed by atoms with E-state index in [0.717, 1.165) is 29.6 Å². The zero-order valence-electron chi connectivity index (χ0n) is 18.9. The van der Waals surface area contributed by atoms with E-state index in [1.807, 2.05) is 37.6 Å². The van der Waals surface area contributed by atoms with Gasteiger partial charge in [-0.3, -0.25) is 0 Å². The van der Waals surface area contributed by atoms with Crippen molar-refractivity contribution in [1.82, 2.24) is 24.9 Å². The van der Waals surface area contributed by atoms with Gasteiger partial charge in [0.05, 0.1) is 6.54 Å². The Labute approximate surface area is 179 Å². The van der Waals surface area contributed by atoms with Crippen LogP contribution in [0.5, 0.6) is 0 Å². The number of carbonyl (C=O) groups excluding carboxylic acids is 1. The lowest BCUT2D eigenvalue weighted by Crippen LogP contribution is -2.40. The largest absolute Gasteiger partial charge is 0.444 e. The van der Waals surface area contributed by atoms with Gasteiger partial charge in [-0.05, 0) is 38.9 Å². The van der Waals surface area contributed by atoms with Crippen molar-refractivity contribution in [2.75, 3.05) is 13.2 Å². The number of aromatic nitrogens is 4. The molecule has 0 fully saturated rings. The number of nitrogens with zero attached hydrogens (tertiary/aromatic N) is 5. The fraction of sp³-hybridized carbons (Fsp3) is 0.619. The number of hydrogen-bond donors (Lipinski definition) is 0. The summed E-state index contributed by atoms with van der Waals surface area (Å²) in [5.41, 5.74) is 2.99. The van der Waals surface area contributed by atoms with Gasteiger partial charge in [-0.25, -0.2) is 9.48 Å². The second-order valence-corrected chi connectivity index (χ2v) is 15.5. The SMILES string of the molecule is CC(C)(C)OC(=O)N1CCc2c(c(-c3cccnn3)nn2COCC[Si](C)(C)C)C1. The molecule has 30 heavy (non-hydrogen) atoms. The summed E-state index contributed by atoms with van der Waals surface area (Å²) in [5, 5.41) is 13.0. The van der Waals surface area contributed by atoms with Crippen LogP contribution in [0.25, 0.3) is 11.4 Å². The van der Waals surface area contributed by atoms with E-state index in [-0.39, 0.29) is 6.09 Å². The van der Waals surface area contributed by atoms with E-state index >= 15 is 0 Å². The summed E-state index contributed by atoms with van der Waals surface area (Å²) in [7, 11) is -1.14. The van der Waals surface area contributed by atoms with Crippen molar-refractivity contribution in [2.45, 2.75) is 71.8 Å². The smallest absolute Gasteiger partial charge is 0.410 e. The van der Waals surface area contributed by atoms with Crippen LogP contribution in [0.2, 0.25) is 25.7 Å². The summed E-state index contributed by atoms with van der Waals surface area (Å²) in [4.78, 5) is 14.3. The van der Waals surface area contributed by atoms with E-state index < -0.39 is 13.7 Å². The number of carbonyl (C=O) groups is 1. The second-order valence-electron chi connectivity index (χ2n) is 9.88. The zero-order valence-corrected chi connectivity index (χ0v) is 19.9. The van der Waals surface area contributed by atoms with Gasteiger partial charge in [0, 0.05) is 45.1 Å². The maximum absolute atomic E-state index is 12.6. The van der Waals surface area contributed by atoms with Gasteiger partial charge in [-0.15, -0.1) is 5.10 Å². The first-order valence-electron chi connectivity index (χ1n) is 10.5. The van der Waals surface area contributed by atoms with Gasteiger partial charge in [0.1, 0.15) is 23.7 Å². The molecule has 0 unspecified atom stereocenters. The maximum atomic E-state index is 12.6. The predicted molar refractivity (Wildman–Crippen MR) is 118 cm³/mol. The molecule has 9 heteroatoms. The molecule has 2 aromatic rings. The summed E-state index contributed by atoms with van der Waals surface area (Å²) in [6.07, 6.45) is 2.02. The second kappa shape index (κ2) is 8.85. The molecule has 1 aliphatic rings. The van der Waals surface area contributed by atoms with Crippen molar-refractivity contribution in [2.24, 2.45) is 0 Å². The number of fused-ring (bicyclic) bond motifs is 1. The third kappa shape index (κ3) is 5.88. The Morgan fingerprint density at radius 2 is 2.03 bits per heavy atom. The highest BCUT2D eigenvalue weighted by molar-refractivity contribution is 6.76. The lowest BCUT2D eigenvalue weighted by Gasteiger charge is -2.30. The van der Waals surface area contributed by atoms with Crippen LogP contribution in [0.1, 0.15) is 32.0 Å². The fourth-order valence-electron chi connectivity index (χ4n) is 3.24. The van der Waals surface area contributed by atoms with Gasteiger partial charge >= 0.3 is 6.09 Å². The number of amides is 1. The van der Waals surface area contributed by atoms with Crippen LogP contribution in [-0.4, -0.2) is 57.8 Å². The summed E-state index contributed by atoms with van der Waals surface area (Å²) in [6.45, 7) is 14.8. The number of ether oxygens (including phenoxy) is 2.